The Hall–Kier alpha value is -1.99. The van der Waals surface area contributed by atoms with Crippen molar-refractivity contribution in [3.63, 3.8) is 0 Å². The van der Waals surface area contributed by atoms with Gasteiger partial charge in [0, 0.05) is 24.2 Å². The van der Waals surface area contributed by atoms with Gasteiger partial charge in [0.05, 0.1) is 16.3 Å². The normalized spacial score (nSPS) is 14.6. The molecule has 132 valence electrons. The lowest BCUT2D eigenvalue weighted by Crippen LogP contribution is -2.16. The van der Waals surface area contributed by atoms with E-state index in [9.17, 15) is 5.26 Å². The van der Waals surface area contributed by atoms with E-state index in [1.165, 1.54) is 5.57 Å². The number of allylic oxidation sites excluding steroid dienone is 2. The second-order valence-electron chi connectivity index (χ2n) is 6.66. The van der Waals surface area contributed by atoms with Crippen LogP contribution in [0, 0.1) is 37.0 Å². The molecule has 0 saturated carbocycles. The number of nitrogens with zero attached hydrogens (tertiary/aromatic N) is 3. The molecule has 0 bridgehead atoms. The molecule has 0 aromatic carbocycles. The molecule has 0 amide bonds. The van der Waals surface area contributed by atoms with Crippen molar-refractivity contribution < 1.29 is 0 Å². The summed E-state index contributed by atoms with van der Waals surface area (Å²) in [5.74, 6) is 0.667. The zero-order chi connectivity index (χ0) is 18.4. The Kier molecular flexibility index (Phi) is 6.90. The Bertz CT molecular complexity index is 769. The zero-order valence-corrected chi connectivity index (χ0v) is 16.7. The van der Waals surface area contributed by atoms with Gasteiger partial charge in [0.25, 0.3) is 0 Å². The average Bonchev–Trinajstić information content (AvgIpc) is 3.11. The van der Waals surface area contributed by atoms with Crippen molar-refractivity contribution in [2.24, 2.45) is 11.8 Å². The summed E-state index contributed by atoms with van der Waals surface area (Å²) in [6.07, 6.45) is 6.62. The van der Waals surface area contributed by atoms with Gasteiger partial charge in [0.15, 0.2) is 0 Å². The van der Waals surface area contributed by atoms with Gasteiger partial charge in [0.2, 0.25) is 0 Å². The van der Waals surface area contributed by atoms with E-state index in [-0.39, 0.29) is 0 Å². The lowest BCUT2D eigenvalue weighted by molar-refractivity contribution is 0.498. The van der Waals surface area contributed by atoms with Crippen LogP contribution >= 0.6 is 11.3 Å². The number of aromatic nitrogens is 2. The Morgan fingerprint density at radius 1 is 1.24 bits per heavy atom. The number of hydrogen-bond donors (Lipinski definition) is 0. The van der Waals surface area contributed by atoms with E-state index in [0.717, 1.165) is 46.7 Å². The van der Waals surface area contributed by atoms with Crippen LogP contribution in [-0.4, -0.2) is 9.97 Å². The molecule has 0 aliphatic carbocycles. The van der Waals surface area contributed by atoms with Crippen LogP contribution in [0.5, 0.6) is 0 Å². The van der Waals surface area contributed by atoms with Crippen molar-refractivity contribution in [1.82, 2.24) is 9.97 Å². The maximum Gasteiger partial charge on any atom is 0.101 e. The smallest absolute Gasteiger partial charge is 0.101 e. The van der Waals surface area contributed by atoms with Crippen molar-refractivity contribution in [1.29, 1.82) is 5.26 Å². The molecule has 25 heavy (non-hydrogen) atoms. The van der Waals surface area contributed by atoms with E-state index >= 15 is 0 Å². The van der Waals surface area contributed by atoms with Gasteiger partial charge in [-0.15, -0.1) is 11.3 Å². The van der Waals surface area contributed by atoms with Gasteiger partial charge >= 0.3 is 0 Å². The molecule has 0 fully saturated rings. The van der Waals surface area contributed by atoms with Crippen molar-refractivity contribution in [3.8, 4) is 6.07 Å². The summed E-state index contributed by atoms with van der Waals surface area (Å²) in [7, 11) is 0. The van der Waals surface area contributed by atoms with Crippen molar-refractivity contribution in [2.45, 2.75) is 53.9 Å². The second kappa shape index (κ2) is 8.92. The molecule has 2 unspecified atom stereocenters. The van der Waals surface area contributed by atoms with Crippen molar-refractivity contribution in [3.05, 3.63) is 51.2 Å². The molecule has 2 heterocycles. The first-order valence-electron chi connectivity index (χ1n) is 8.97. The summed E-state index contributed by atoms with van der Waals surface area (Å²) < 4.78 is 0. The Labute approximate surface area is 155 Å². The lowest BCUT2D eigenvalue weighted by atomic mass is 9.79. The first kappa shape index (κ1) is 19.3. The monoisotopic (exact) mass is 353 g/mol. The number of pyridine rings is 1. The van der Waals surface area contributed by atoms with Gasteiger partial charge < -0.3 is 0 Å². The first-order chi connectivity index (χ1) is 12.0. The maximum absolute atomic E-state index is 10.00. The minimum absolute atomic E-state index is 0.318. The van der Waals surface area contributed by atoms with Crippen LogP contribution < -0.4 is 0 Å². The highest BCUT2D eigenvalue weighted by Gasteiger charge is 2.25. The van der Waals surface area contributed by atoms with Gasteiger partial charge in [0.1, 0.15) is 6.07 Å². The van der Waals surface area contributed by atoms with Crippen LogP contribution in [0.3, 0.4) is 0 Å². The SMILES string of the molecule is CCC(C)C(=C(C#N)c1ncc(C)cc1C)C(CC)Cc1nccs1. The fourth-order valence-corrected chi connectivity index (χ4v) is 4.04. The van der Waals surface area contributed by atoms with Crippen molar-refractivity contribution >= 4 is 16.9 Å². The number of aryl methyl sites for hydroxylation is 2. The van der Waals surface area contributed by atoms with Gasteiger partial charge in [-0.3, -0.25) is 4.98 Å². The molecule has 0 spiro atoms. The van der Waals surface area contributed by atoms with Crippen LogP contribution in [0.25, 0.3) is 5.57 Å². The average molecular weight is 354 g/mol. The van der Waals surface area contributed by atoms with E-state index in [1.54, 1.807) is 11.3 Å². The summed E-state index contributed by atoms with van der Waals surface area (Å²) in [6, 6.07) is 4.60. The van der Waals surface area contributed by atoms with E-state index in [2.05, 4.69) is 42.9 Å². The number of thiazole rings is 1. The topological polar surface area (TPSA) is 49.6 Å². The number of nitriles is 1. The highest BCUT2D eigenvalue weighted by molar-refractivity contribution is 7.09. The molecule has 2 rings (SSSR count). The van der Waals surface area contributed by atoms with E-state index < -0.39 is 0 Å². The molecule has 2 aromatic heterocycles. The molecule has 0 N–H and O–H groups in total. The summed E-state index contributed by atoms with van der Waals surface area (Å²) in [5, 5.41) is 13.2. The fraction of sp³-hybridized carbons (Fsp3) is 0.476. The molecule has 2 aromatic rings. The summed E-state index contributed by atoms with van der Waals surface area (Å²) in [5.41, 5.74) is 5.03. The minimum atomic E-state index is 0.318. The van der Waals surface area contributed by atoms with Crippen LogP contribution in [0.4, 0.5) is 0 Å². The predicted octanol–water partition coefficient (Wildman–Crippen LogP) is 5.75. The third kappa shape index (κ3) is 4.55. The molecular formula is C21H27N3S. The standard InChI is InChI=1S/C21H27N3S/c1-6-15(4)20(17(7-2)11-19-23-8-9-25-19)18(12-22)21-16(5)10-14(3)13-24-21/h8-10,13,15,17H,6-7,11H2,1-5H3. The summed E-state index contributed by atoms with van der Waals surface area (Å²) in [6.45, 7) is 10.7. The lowest BCUT2D eigenvalue weighted by Gasteiger charge is -2.25. The van der Waals surface area contributed by atoms with Crippen LogP contribution in [0.1, 0.15) is 55.4 Å². The fourth-order valence-electron chi connectivity index (χ4n) is 3.34. The Balaban J connectivity index is 2.58. The first-order valence-corrected chi connectivity index (χ1v) is 9.85. The highest BCUT2D eigenvalue weighted by Crippen LogP contribution is 2.35. The summed E-state index contributed by atoms with van der Waals surface area (Å²) in [4.78, 5) is 9.06. The van der Waals surface area contributed by atoms with Crippen LogP contribution in [0.15, 0.2) is 29.4 Å². The van der Waals surface area contributed by atoms with Gasteiger partial charge in [-0.05, 0) is 55.2 Å². The molecule has 4 heteroatoms. The van der Waals surface area contributed by atoms with Crippen molar-refractivity contribution in [2.75, 3.05) is 0 Å². The molecule has 0 aliphatic rings. The Morgan fingerprint density at radius 3 is 2.52 bits per heavy atom. The maximum atomic E-state index is 10.00. The van der Waals surface area contributed by atoms with Gasteiger partial charge in [-0.1, -0.05) is 26.8 Å². The minimum Gasteiger partial charge on any atom is -0.255 e. The number of rotatable bonds is 7. The second-order valence-corrected chi connectivity index (χ2v) is 7.64. The van der Waals surface area contributed by atoms with Crippen LogP contribution in [-0.2, 0) is 6.42 Å². The molecule has 0 aliphatic heterocycles. The third-order valence-corrected chi connectivity index (χ3v) is 5.63. The molecule has 3 nitrogen and oxygen atoms in total. The van der Waals surface area contributed by atoms with Gasteiger partial charge in [-0.25, -0.2) is 4.98 Å². The summed E-state index contributed by atoms with van der Waals surface area (Å²) >= 11 is 1.69. The van der Waals surface area contributed by atoms with Crippen LogP contribution in [0.2, 0.25) is 0 Å². The Morgan fingerprint density at radius 2 is 2.00 bits per heavy atom. The van der Waals surface area contributed by atoms with Gasteiger partial charge in [-0.2, -0.15) is 5.26 Å². The molecule has 2 atom stereocenters. The van der Waals surface area contributed by atoms with E-state index in [0.29, 0.717) is 11.8 Å². The third-order valence-electron chi connectivity index (χ3n) is 4.83. The van der Waals surface area contributed by atoms with E-state index in [1.807, 2.05) is 31.6 Å². The molecule has 0 radical (unpaired) electrons. The molecular weight excluding hydrogens is 326 g/mol. The predicted molar refractivity (Wildman–Crippen MR) is 105 cm³/mol. The highest BCUT2D eigenvalue weighted by atomic mass is 32.1. The largest absolute Gasteiger partial charge is 0.255 e. The zero-order valence-electron chi connectivity index (χ0n) is 15.8. The van der Waals surface area contributed by atoms with E-state index in [4.69, 9.17) is 0 Å². The molecule has 0 saturated heterocycles. The quantitative estimate of drug-likeness (QED) is 0.596. The number of hydrogen-bond acceptors (Lipinski definition) is 4.